The van der Waals surface area contributed by atoms with Crippen LogP contribution in [0.25, 0.3) is 0 Å². The van der Waals surface area contributed by atoms with Crippen LogP contribution in [0.2, 0.25) is 0 Å². The number of nitrogens with zero attached hydrogens (tertiary/aromatic N) is 1. The molecule has 0 aromatic heterocycles. The van der Waals surface area contributed by atoms with Crippen LogP contribution in [-0.4, -0.2) is 49.3 Å². The summed E-state index contributed by atoms with van der Waals surface area (Å²) in [6, 6.07) is 8.42. The van der Waals surface area contributed by atoms with Crippen molar-refractivity contribution in [1.82, 2.24) is 10.2 Å². The summed E-state index contributed by atoms with van der Waals surface area (Å²) in [5.74, 6) is 1.66. The lowest BCUT2D eigenvalue weighted by Gasteiger charge is -2.43. The number of rotatable bonds is 6. The minimum Gasteiger partial charge on any atom is -0.490 e. The van der Waals surface area contributed by atoms with E-state index in [9.17, 15) is 0 Å². The van der Waals surface area contributed by atoms with E-state index < -0.39 is 0 Å². The molecule has 0 radical (unpaired) electrons. The first-order valence-electron chi connectivity index (χ1n) is 7.85. The fourth-order valence-electron chi connectivity index (χ4n) is 2.69. The fraction of sp³-hybridized carbons (Fsp3) is 0.647. The van der Waals surface area contributed by atoms with Crippen LogP contribution in [0.5, 0.6) is 11.5 Å². The second-order valence-corrected chi connectivity index (χ2v) is 6.31. The number of hydrogen-bond acceptors (Lipinski definition) is 4. The van der Waals surface area contributed by atoms with Crippen molar-refractivity contribution in [2.45, 2.75) is 39.3 Å². The van der Waals surface area contributed by atoms with E-state index >= 15 is 0 Å². The summed E-state index contributed by atoms with van der Waals surface area (Å²) >= 11 is 0. The maximum absolute atomic E-state index is 5.92. The van der Waals surface area contributed by atoms with Crippen LogP contribution < -0.4 is 14.8 Å². The Morgan fingerprint density at radius 1 is 1.24 bits per heavy atom. The predicted molar refractivity (Wildman–Crippen MR) is 86.2 cm³/mol. The quantitative estimate of drug-likeness (QED) is 0.873. The van der Waals surface area contributed by atoms with Crippen molar-refractivity contribution < 1.29 is 9.47 Å². The lowest BCUT2D eigenvalue weighted by Crippen LogP contribution is -2.61. The predicted octanol–water partition coefficient (Wildman–Crippen LogP) is 2.54. The van der Waals surface area contributed by atoms with Crippen molar-refractivity contribution in [2.24, 2.45) is 0 Å². The molecule has 1 atom stereocenters. The van der Waals surface area contributed by atoms with Gasteiger partial charge in [0.15, 0.2) is 11.5 Å². The zero-order chi connectivity index (χ0) is 15.3. The van der Waals surface area contributed by atoms with Crippen LogP contribution in [-0.2, 0) is 0 Å². The molecule has 21 heavy (non-hydrogen) atoms. The number of nitrogens with one attached hydrogen (secondary N) is 1. The van der Waals surface area contributed by atoms with Gasteiger partial charge in [-0.05, 0) is 39.8 Å². The van der Waals surface area contributed by atoms with Gasteiger partial charge < -0.3 is 14.8 Å². The lowest BCUT2D eigenvalue weighted by molar-refractivity contribution is 0.0881. The summed E-state index contributed by atoms with van der Waals surface area (Å²) in [5.41, 5.74) is 0.176. The van der Waals surface area contributed by atoms with Gasteiger partial charge in [0.1, 0.15) is 6.61 Å². The van der Waals surface area contributed by atoms with Gasteiger partial charge in [0.2, 0.25) is 0 Å². The average Bonchev–Trinajstić information content (AvgIpc) is 2.45. The van der Waals surface area contributed by atoms with Crippen LogP contribution in [0.3, 0.4) is 0 Å². The van der Waals surface area contributed by atoms with Crippen LogP contribution in [0.1, 0.15) is 27.7 Å². The SMILES string of the molecule is CCOc1ccccc1OCCN1CC(C)(C)NCC1C. The molecular weight excluding hydrogens is 264 g/mol. The van der Waals surface area contributed by atoms with Gasteiger partial charge >= 0.3 is 0 Å². The zero-order valence-electron chi connectivity index (χ0n) is 13.7. The van der Waals surface area contributed by atoms with E-state index in [0.717, 1.165) is 31.1 Å². The van der Waals surface area contributed by atoms with Crippen LogP contribution in [0.15, 0.2) is 24.3 Å². The fourth-order valence-corrected chi connectivity index (χ4v) is 2.69. The molecule has 0 bridgehead atoms. The van der Waals surface area contributed by atoms with Gasteiger partial charge in [-0.15, -0.1) is 0 Å². The number of piperazine rings is 1. The molecule has 1 heterocycles. The standard InChI is InChI=1S/C17H28N2O2/c1-5-20-15-8-6-7-9-16(15)21-11-10-19-13-17(3,4)18-12-14(19)2/h6-9,14,18H,5,10-13H2,1-4H3. The molecule has 1 unspecified atom stereocenters. The normalized spacial score (nSPS) is 22.0. The first-order valence-corrected chi connectivity index (χ1v) is 7.85. The topological polar surface area (TPSA) is 33.7 Å². The first kappa shape index (κ1) is 16.1. The summed E-state index contributed by atoms with van der Waals surface area (Å²) < 4.78 is 11.5. The third-order valence-electron chi connectivity index (χ3n) is 3.88. The Hall–Kier alpha value is -1.26. The Balaban J connectivity index is 1.86. The third kappa shape index (κ3) is 4.61. The van der Waals surface area contributed by atoms with Crippen LogP contribution in [0, 0.1) is 0 Å². The van der Waals surface area contributed by atoms with Gasteiger partial charge in [0.25, 0.3) is 0 Å². The molecule has 1 aliphatic rings. The Morgan fingerprint density at radius 3 is 2.57 bits per heavy atom. The molecule has 2 rings (SSSR count). The van der Waals surface area contributed by atoms with E-state index in [1.165, 1.54) is 0 Å². The zero-order valence-corrected chi connectivity index (χ0v) is 13.7. The summed E-state index contributed by atoms with van der Waals surface area (Å²) in [6.45, 7) is 13.1. The molecule has 118 valence electrons. The van der Waals surface area contributed by atoms with Crippen LogP contribution >= 0.6 is 0 Å². The van der Waals surface area contributed by atoms with Crippen molar-refractivity contribution in [3.8, 4) is 11.5 Å². The molecule has 0 saturated carbocycles. The van der Waals surface area contributed by atoms with Crippen molar-refractivity contribution in [3.05, 3.63) is 24.3 Å². The third-order valence-corrected chi connectivity index (χ3v) is 3.88. The van der Waals surface area contributed by atoms with Crippen LogP contribution in [0.4, 0.5) is 0 Å². The second kappa shape index (κ2) is 7.14. The average molecular weight is 292 g/mol. The summed E-state index contributed by atoms with van der Waals surface area (Å²) in [4.78, 5) is 2.49. The van der Waals surface area contributed by atoms with E-state index in [4.69, 9.17) is 9.47 Å². The largest absolute Gasteiger partial charge is 0.490 e. The van der Waals surface area contributed by atoms with Gasteiger partial charge in [-0.1, -0.05) is 12.1 Å². The minimum atomic E-state index is 0.176. The van der Waals surface area contributed by atoms with Crippen molar-refractivity contribution >= 4 is 0 Å². The second-order valence-electron chi connectivity index (χ2n) is 6.31. The highest BCUT2D eigenvalue weighted by atomic mass is 16.5. The first-order chi connectivity index (χ1) is 10.0. The number of benzene rings is 1. The minimum absolute atomic E-state index is 0.176. The monoisotopic (exact) mass is 292 g/mol. The molecule has 4 heteroatoms. The van der Waals surface area contributed by atoms with E-state index in [1.807, 2.05) is 31.2 Å². The summed E-state index contributed by atoms with van der Waals surface area (Å²) in [6.07, 6.45) is 0. The Bertz CT molecular complexity index is 448. The molecule has 0 spiro atoms. The summed E-state index contributed by atoms with van der Waals surface area (Å²) in [5, 5.41) is 3.57. The Kier molecular flexibility index (Phi) is 5.48. The molecule has 1 aromatic carbocycles. The van der Waals surface area contributed by atoms with Gasteiger partial charge in [-0.3, -0.25) is 4.90 Å². The van der Waals surface area contributed by atoms with Gasteiger partial charge in [0.05, 0.1) is 6.61 Å². The molecule has 1 fully saturated rings. The molecular formula is C17H28N2O2. The van der Waals surface area contributed by atoms with E-state index in [-0.39, 0.29) is 5.54 Å². The molecule has 1 N–H and O–H groups in total. The number of hydrogen-bond donors (Lipinski definition) is 1. The summed E-state index contributed by atoms with van der Waals surface area (Å²) in [7, 11) is 0. The Morgan fingerprint density at radius 2 is 1.90 bits per heavy atom. The molecule has 0 aliphatic carbocycles. The Labute approximate surface area is 128 Å². The highest BCUT2D eigenvalue weighted by Crippen LogP contribution is 2.26. The number of para-hydroxylation sites is 2. The molecule has 4 nitrogen and oxygen atoms in total. The molecule has 1 saturated heterocycles. The molecule has 1 aliphatic heterocycles. The van der Waals surface area contributed by atoms with Crippen molar-refractivity contribution in [1.29, 1.82) is 0 Å². The number of ether oxygens (including phenoxy) is 2. The highest BCUT2D eigenvalue weighted by molar-refractivity contribution is 5.39. The van der Waals surface area contributed by atoms with Crippen molar-refractivity contribution in [3.63, 3.8) is 0 Å². The molecule has 1 aromatic rings. The smallest absolute Gasteiger partial charge is 0.161 e. The van der Waals surface area contributed by atoms with E-state index in [2.05, 4.69) is 31.0 Å². The van der Waals surface area contributed by atoms with Gasteiger partial charge in [0, 0.05) is 31.2 Å². The highest BCUT2D eigenvalue weighted by Gasteiger charge is 2.29. The lowest BCUT2D eigenvalue weighted by atomic mass is 9.99. The van der Waals surface area contributed by atoms with Gasteiger partial charge in [-0.25, -0.2) is 0 Å². The maximum atomic E-state index is 5.92. The molecule has 0 amide bonds. The van der Waals surface area contributed by atoms with Crippen molar-refractivity contribution in [2.75, 3.05) is 32.8 Å². The van der Waals surface area contributed by atoms with E-state index in [0.29, 0.717) is 19.3 Å². The van der Waals surface area contributed by atoms with E-state index in [1.54, 1.807) is 0 Å². The maximum Gasteiger partial charge on any atom is 0.161 e. The van der Waals surface area contributed by atoms with Gasteiger partial charge in [-0.2, -0.15) is 0 Å².